The van der Waals surface area contributed by atoms with Crippen LogP contribution in [0, 0.1) is 0 Å². The van der Waals surface area contributed by atoms with E-state index in [9.17, 15) is 14.4 Å². The molecule has 216 valence electrons. The number of hydrogen-bond donors (Lipinski definition) is 5. The molecule has 40 heavy (non-hydrogen) atoms. The van der Waals surface area contributed by atoms with Crippen LogP contribution in [0.5, 0.6) is 0 Å². The van der Waals surface area contributed by atoms with E-state index >= 15 is 0 Å². The summed E-state index contributed by atoms with van der Waals surface area (Å²) >= 11 is 0. The molecular weight excluding hydrogens is 506 g/mol. The molecule has 8 heteroatoms. The van der Waals surface area contributed by atoms with Crippen molar-refractivity contribution in [3.63, 3.8) is 0 Å². The molecule has 1 aliphatic carbocycles. The van der Waals surface area contributed by atoms with Crippen molar-refractivity contribution in [3.8, 4) is 11.1 Å². The van der Waals surface area contributed by atoms with Gasteiger partial charge >= 0.3 is 11.9 Å². The molecule has 0 bridgehead atoms. The second kappa shape index (κ2) is 21.0. The first-order valence-corrected chi connectivity index (χ1v) is 13.6. The van der Waals surface area contributed by atoms with E-state index < -0.39 is 18.0 Å². The van der Waals surface area contributed by atoms with Gasteiger partial charge in [0.2, 0.25) is 0 Å². The predicted molar refractivity (Wildman–Crippen MR) is 160 cm³/mol. The summed E-state index contributed by atoms with van der Waals surface area (Å²) in [5, 5.41) is 16.7. The van der Waals surface area contributed by atoms with Crippen LogP contribution < -0.4 is 17.2 Å². The largest absolute Gasteiger partial charge is 0.480 e. The summed E-state index contributed by atoms with van der Waals surface area (Å²) in [7, 11) is 0. The van der Waals surface area contributed by atoms with Crippen LogP contribution in [-0.4, -0.2) is 47.1 Å². The zero-order chi connectivity index (χ0) is 29.6. The minimum absolute atomic E-state index is 0.331. The molecule has 1 fully saturated rings. The Morgan fingerprint density at radius 2 is 1.32 bits per heavy atom. The Morgan fingerprint density at radius 1 is 0.800 bits per heavy atom. The average molecular weight is 550 g/mol. The lowest BCUT2D eigenvalue weighted by atomic mass is 9.97. The van der Waals surface area contributed by atoms with Crippen LogP contribution in [0.25, 0.3) is 11.1 Å². The lowest BCUT2D eigenvalue weighted by Crippen LogP contribution is -2.29. The summed E-state index contributed by atoms with van der Waals surface area (Å²) in [5.41, 5.74) is 19.4. The molecule has 0 amide bonds. The number of hydrogen-bond acceptors (Lipinski definition) is 6. The summed E-state index contributed by atoms with van der Waals surface area (Å²) in [6.07, 6.45) is 9.68. The Hall–Kier alpha value is -3.85. The molecule has 1 atom stereocenters. The van der Waals surface area contributed by atoms with E-state index in [1.807, 2.05) is 42.5 Å². The van der Waals surface area contributed by atoms with E-state index in [4.69, 9.17) is 27.4 Å². The maximum Gasteiger partial charge on any atom is 0.335 e. The van der Waals surface area contributed by atoms with E-state index in [-0.39, 0.29) is 0 Å². The van der Waals surface area contributed by atoms with Crippen LogP contribution in [0.3, 0.4) is 0 Å². The zero-order valence-corrected chi connectivity index (χ0v) is 23.0. The topological polar surface area (TPSA) is 170 Å². The third-order valence-electron chi connectivity index (χ3n) is 6.11. The van der Waals surface area contributed by atoms with Crippen molar-refractivity contribution in [3.05, 3.63) is 96.1 Å². The van der Waals surface area contributed by atoms with Crippen molar-refractivity contribution in [2.24, 2.45) is 17.2 Å². The van der Waals surface area contributed by atoms with E-state index in [2.05, 4.69) is 12.1 Å². The predicted octanol–water partition coefficient (Wildman–Crippen LogP) is 5.36. The second-order valence-electron chi connectivity index (χ2n) is 9.40. The Kier molecular flexibility index (Phi) is 18.0. The lowest BCUT2D eigenvalue weighted by Gasteiger charge is -2.15. The summed E-state index contributed by atoms with van der Waals surface area (Å²) in [6, 6.07) is 25.8. The fourth-order valence-electron chi connectivity index (χ4n) is 3.73. The molecule has 1 saturated carbocycles. The monoisotopic (exact) mass is 549 g/mol. The number of aldehydes is 1. The molecule has 0 spiro atoms. The van der Waals surface area contributed by atoms with Gasteiger partial charge in [0, 0.05) is 11.6 Å². The Bertz CT molecular complexity index is 1090. The molecule has 3 aromatic rings. The van der Waals surface area contributed by atoms with Crippen LogP contribution in [0.4, 0.5) is 0 Å². The molecule has 1 aliphatic rings. The van der Waals surface area contributed by atoms with Gasteiger partial charge in [0.1, 0.15) is 12.3 Å². The smallest absolute Gasteiger partial charge is 0.335 e. The van der Waals surface area contributed by atoms with E-state index in [1.165, 1.54) is 37.7 Å². The third-order valence-corrected chi connectivity index (χ3v) is 6.11. The van der Waals surface area contributed by atoms with Crippen molar-refractivity contribution >= 4 is 18.2 Å². The van der Waals surface area contributed by atoms with Gasteiger partial charge in [0.05, 0.1) is 5.56 Å². The van der Waals surface area contributed by atoms with Crippen LogP contribution in [0.2, 0.25) is 0 Å². The maximum atomic E-state index is 10.5. The normalized spacial score (nSPS) is 13.1. The summed E-state index contributed by atoms with van der Waals surface area (Å²) in [6.45, 7) is 0.604. The van der Waals surface area contributed by atoms with Gasteiger partial charge in [0.25, 0.3) is 0 Å². The van der Waals surface area contributed by atoms with Gasteiger partial charge in [0.15, 0.2) is 0 Å². The minimum atomic E-state index is -0.933. The van der Waals surface area contributed by atoms with Crippen molar-refractivity contribution in [1.29, 1.82) is 0 Å². The van der Waals surface area contributed by atoms with E-state index in [0.717, 1.165) is 24.7 Å². The molecule has 4 rings (SSSR count). The van der Waals surface area contributed by atoms with Gasteiger partial charge < -0.3 is 27.4 Å². The van der Waals surface area contributed by atoms with Gasteiger partial charge in [-0.25, -0.2) is 4.79 Å². The molecule has 0 heterocycles. The molecule has 0 unspecified atom stereocenters. The van der Waals surface area contributed by atoms with E-state index in [0.29, 0.717) is 30.1 Å². The third kappa shape index (κ3) is 15.5. The number of rotatable bonds is 8. The number of carbonyl (C=O) groups excluding carboxylic acids is 1. The van der Waals surface area contributed by atoms with Gasteiger partial charge in [-0.3, -0.25) is 9.59 Å². The maximum absolute atomic E-state index is 10.5. The number of carbonyl (C=O) groups is 3. The molecule has 3 aromatic carbocycles. The number of carboxylic acids is 2. The van der Waals surface area contributed by atoms with Crippen LogP contribution in [0.1, 0.15) is 72.1 Å². The summed E-state index contributed by atoms with van der Waals surface area (Å²) in [4.78, 5) is 30.8. The van der Waals surface area contributed by atoms with Crippen LogP contribution in [-0.2, 0) is 4.79 Å². The minimum Gasteiger partial charge on any atom is -0.480 e. The fraction of sp³-hybridized carbons (Fsp3) is 0.344. The first-order valence-electron chi connectivity index (χ1n) is 13.6. The molecule has 0 radical (unpaired) electrons. The highest BCUT2D eigenvalue weighted by Gasteiger charge is 2.09. The molecule has 8 N–H and O–H groups in total. The number of carboxylic acid groups (broad SMARTS) is 2. The van der Waals surface area contributed by atoms with Crippen molar-refractivity contribution < 1.29 is 24.6 Å². The highest BCUT2D eigenvalue weighted by atomic mass is 16.4. The van der Waals surface area contributed by atoms with Gasteiger partial charge in [-0.15, -0.1) is 0 Å². The second-order valence-corrected chi connectivity index (χ2v) is 9.40. The molecule has 0 aromatic heterocycles. The van der Waals surface area contributed by atoms with Crippen LogP contribution in [0.15, 0.2) is 84.9 Å². The number of benzene rings is 3. The first kappa shape index (κ1) is 34.2. The zero-order valence-electron chi connectivity index (χ0n) is 23.0. The van der Waals surface area contributed by atoms with Crippen molar-refractivity contribution in [2.45, 2.75) is 63.5 Å². The number of nitrogens with two attached hydrogens (primary N) is 3. The number of aliphatic carboxylic acids is 1. The molecule has 0 saturated heterocycles. The van der Waals surface area contributed by atoms with Gasteiger partial charge in [-0.2, -0.15) is 0 Å². The Morgan fingerprint density at radius 3 is 1.73 bits per heavy atom. The number of unbranched alkanes of at least 4 members (excludes halogenated alkanes) is 1. The van der Waals surface area contributed by atoms with Crippen molar-refractivity contribution in [2.75, 3.05) is 6.54 Å². The first-order chi connectivity index (χ1) is 19.3. The van der Waals surface area contributed by atoms with E-state index in [1.54, 1.807) is 30.3 Å². The van der Waals surface area contributed by atoms with Gasteiger partial charge in [-0.1, -0.05) is 98.5 Å². The lowest BCUT2D eigenvalue weighted by molar-refractivity contribution is -0.138. The van der Waals surface area contributed by atoms with Gasteiger partial charge in [-0.05, 0) is 55.5 Å². The quantitative estimate of drug-likeness (QED) is 0.185. The fourth-order valence-corrected chi connectivity index (χ4v) is 3.73. The molecule has 0 aliphatic heterocycles. The molecule has 8 nitrogen and oxygen atoms in total. The summed E-state index contributed by atoms with van der Waals surface area (Å²) in [5.74, 6) is -1.81. The Balaban J connectivity index is 0.000000276. The number of aromatic carboxylic acids is 1. The summed E-state index contributed by atoms with van der Waals surface area (Å²) < 4.78 is 0. The highest BCUT2D eigenvalue weighted by Crippen LogP contribution is 2.18. The molecular formula is C32H43N3O5. The standard InChI is InChI=1S/C13H10O.C7H6O2.C6H14N2O2.C6H13N/c14-10-11-6-8-13(9-7-11)12-4-2-1-3-5-12;8-7(9)6-4-2-1-3-5-6;7-4-2-1-3-5(8)6(9)10;7-6-4-2-1-3-5-6/h1-10H;1-5H,(H,8,9);5H,1-4,7-8H2,(H,9,10);6H,1-5,7H2/t;;5-;/m..0./s1. The van der Waals surface area contributed by atoms with Crippen molar-refractivity contribution in [1.82, 2.24) is 0 Å². The SMILES string of the molecule is NC1CCCCC1.NCCCC[C@H](N)C(=O)O.O=C(O)c1ccccc1.O=Cc1ccc(-c2ccccc2)cc1. The Labute approximate surface area is 237 Å². The van der Waals surface area contributed by atoms with Crippen LogP contribution >= 0.6 is 0 Å². The highest BCUT2D eigenvalue weighted by molar-refractivity contribution is 5.87. The average Bonchev–Trinajstić information content (AvgIpc) is 2.99.